The van der Waals surface area contributed by atoms with Crippen LogP contribution in [0.5, 0.6) is 0 Å². The highest BCUT2D eigenvalue weighted by atomic mass is 16.2. The van der Waals surface area contributed by atoms with Crippen LogP contribution >= 0.6 is 0 Å². The first-order valence-electron chi connectivity index (χ1n) is 6.63. The van der Waals surface area contributed by atoms with Crippen molar-refractivity contribution in [1.82, 2.24) is 10.6 Å². The van der Waals surface area contributed by atoms with Gasteiger partial charge in [0.15, 0.2) is 0 Å². The molecule has 104 valence electrons. The van der Waals surface area contributed by atoms with Crippen LogP contribution in [0.1, 0.15) is 19.8 Å². The number of nitrogens with one attached hydrogen (secondary N) is 2. The highest BCUT2D eigenvalue weighted by Gasteiger charge is 2.41. The van der Waals surface area contributed by atoms with Gasteiger partial charge in [0.05, 0.1) is 5.41 Å². The first kappa shape index (κ1) is 15.4. The third-order valence-corrected chi connectivity index (χ3v) is 3.58. The third-order valence-electron chi connectivity index (χ3n) is 3.58. The SMILES string of the molecule is C=C/C=C\C=C(/C)CC1(C(=O)NC)CNCCC1=C. The Kier molecular flexibility index (Phi) is 5.77. The molecule has 1 amide bonds. The van der Waals surface area contributed by atoms with Gasteiger partial charge in [-0.15, -0.1) is 0 Å². The summed E-state index contributed by atoms with van der Waals surface area (Å²) >= 11 is 0. The monoisotopic (exact) mass is 260 g/mol. The Morgan fingerprint density at radius 1 is 1.53 bits per heavy atom. The van der Waals surface area contributed by atoms with Crippen molar-refractivity contribution in [3.8, 4) is 0 Å². The van der Waals surface area contributed by atoms with E-state index in [1.807, 2.05) is 25.2 Å². The predicted molar refractivity (Wildman–Crippen MR) is 80.8 cm³/mol. The van der Waals surface area contributed by atoms with E-state index in [9.17, 15) is 4.79 Å². The molecular formula is C16H24N2O. The average Bonchev–Trinajstić information content (AvgIpc) is 2.41. The van der Waals surface area contributed by atoms with Crippen LogP contribution in [0, 0.1) is 5.41 Å². The van der Waals surface area contributed by atoms with Crippen LogP contribution in [0.4, 0.5) is 0 Å². The van der Waals surface area contributed by atoms with E-state index in [1.54, 1.807) is 13.1 Å². The zero-order valence-corrected chi connectivity index (χ0v) is 12.0. The van der Waals surface area contributed by atoms with Crippen LogP contribution in [0.2, 0.25) is 0 Å². The molecule has 0 radical (unpaired) electrons. The molecule has 1 saturated heterocycles. The number of allylic oxidation sites excluding steroid dienone is 5. The molecule has 19 heavy (non-hydrogen) atoms. The van der Waals surface area contributed by atoms with Crippen molar-refractivity contribution in [1.29, 1.82) is 0 Å². The van der Waals surface area contributed by atoms with Gasteiger partial charge in [-0.05, 0) is 26.3 Å². The Bertz CT molecular complexity index is 410. The van der Waals surface area contributed by atoms with Crippen LogP contribution in [-0.2, 0) is 4.79 Å². The molecule has 1 unspecified atom stereocenters. The highest BCUT2D eigenvalue weighted by molar-refractivity contribution is 5.86. The molecule has 0 aromatic carbocycles. The maximum absolute atomic E-state index is 12.3. The van der Waals surface area contributed by atoms with Crippen molar-refractivity contribution in [2.75, 3.05) is 20.1 Å². The number of hydrogen-bond donors (Lipinski definition) is 2. The van der Waals surface area contributed by atoms with Crippen LogP contribution in [-0.4, -0.2) is 26.0 Å². The third kappa shape index (κ3) is 3.67. The van der Waals surface area contributed by atoms with Gasteiger partial charge >= 0.3 is 0 Å². The Hall–Kier alpha value is -1.61. The molecule has 0 aromatic heterocycles. The van der Waals surface area contributed by atoms with Gasteiger partial charge in [-0.1, -0.05) is 48.6 Å². The van der Waals surface area contributed by atoms with E-state index in [2.05, 4.69) is 23.8 Å². The predicted octanol–water partition coefficient (Wildman–Crippen LogP) is 2.35. The number of piperidine rings is 1. The molecule has 0 aromatic rings. The summed E-state index contributed by atoms with van der Waals surface area (Å²) < 4.78 is 0. The van der Waals surface area contributed by atoms with Crippen LogP contribution < -0.4 is 10.6 Å². The van der Waals surface area contributed by atoms with Gasteiger partial charge in [0.1, 0.15) is 0 Å². The van der Waals surface area contributed by atoms with Crippen molar-refractivity contribution in [3.05, 3.63) is 48.6 Å². The maximum Gasteiger partial charge on any atom is 0.231 e. The van der Waals surface area contributed by atoms with Crippen molar-refractivity contribution in [3.63, 3.8) is 0 Å². The Balaban J connectivity index is 2.95. The minimum Gasteiger partial charge on any atom is -0.358 e. The van der Waals surface area contributed by atoms with E-state index in [0.29, 0.717) is 13.0 Å². The first-order chi connectivity index (χ1) is 9.06. The van der Waals surface area contributed by atoms with Gasteiger partial charge in [-0.25, -0.2) is 0 Å². The van der Waals surface area contributed by atoms with Crippen LogP contribution in [0.25, 0.3) is 0 Å². The lowest BCUT2D eigenvalue weighted by Crippen LogP contribution is -2.51. The van der Waals surface area contributed by atoms with Gasteiger partial charge < -0.3 is 10.6 Å². The lowest BCUT2D eigenvalue weighted by Gasteiger charge is -2.38. The molecule has 3 nitrogen and oxygen atoms in total. The standard InChI is InChI=1S/C16H24N2O/c1-5-6-7-8-13(2)11-16(15(19)17-4)12-18-10-9-14(16)3/h5-8,18H,1,3,9-12H2,2,4H3,(H,17,19)/b7-6-,13-8+. The minimum absolute atomic E-state index is 0.0464. The zero-order chi connectivity index (χ0) is 14.3. The molecule has 0 aliphatic carbocycles. The van der Waals surface area contributed by atoms with Crippen molar-refractivity contribution in [2.24, 2.45) is 5.41 Å². The molecule has 1 fully saturated rings. The normalized spacial score (nSPS) is 24.5. The fourth-order valence-corrected chi connectivity index (χ4v) is 2.49. The topological polar surface area (TPSA) is 41.1 Å². The summed E-state index contributed by atoms with van der Waals surface area (Å²) in [4.78, 5) is 12.3. The van der Waals surface area contributed by atoms with Gasteiger partial charge in [0, 0.05) is 13.6 Å². The molecule has 1 aliphatic heterocycles. The molecule has 1 rings (SSSR count). The molecule has 1 heterocycles. The summed E-state index contributed by atoms with van der Waals surface area (Å²) in [5.74, 6) is 0.0464. The average molecular weight is 260 g/mol. The molecule has 0 saturated carbocycles. The van der Waals surface area contributed by atoms with Crippen LogP contribution in [0.15, 0.2) is 48.6 Å². The minimum atomic E-state index is -0.518. The van der Waals surface area contributed by atoms with Gasteiger partial charge in [-0.2, -0.15) is 0 Å². The number of hydrogen-bond acceptors (Lipinski definition) is 2. The lowest BCUT2D eigenvalue weighted by atomic mass is 9.71. The largest absolute Gasteiger partial charge is 0.358 e. The number of amides is 1. The molecule has 0 bridgehead atoms. The van der Waals surface area contributed by atoms with Crippen LogP contribution in [0.3, 0.4) is 0 Å². The quantitative estimate of drug-likeness (QED) is 0.588. The van der Waals surface area contributed by atoms with E-state index in [-0.39, 0.29) is 5.91 Å². The molecular weight excluding hydrogens is 236 g/mol. The molecule has 0 spiro atoms. The van der Waals surface area contributed by atoms with E-state index < -0.39 is 5.41 Å². The van der Waals surface area contributed by atoms with E-state index in [1.165, 1.54) is 0 Å². The lowest BCUT2D eigenvalue weighted by molar-refractivity contribution is -0.128. The summed E-state index contributed by atoms with van der Waals surface area (Å²) in [5, 5.41) is 6.09. The summed E-state index contributed by atoms with van der Waals surface area (Å²) in [7, 11) is 1.68. The second-order valence-electron chi connectivity index (χ2n) is 5.00. The Labute approximate surface area is 116 Å². The van der Waals surface area contributed by atoms with Gasteiger partial charge in [-0.3, -0.25) is 4.79 Å². The number of rotatable bonds is 5. The second-order valence-corrected chi connectivity index (χ2v) is 5.00. The smallest absolute Gasteiger partial charge is 0.231 e. The summed E-state index contributed by atoms with van der Waals surface area (Å²) in [6.07, 6.45) is 9.12. The number of carbonyl (C=O) groups is 1. The van der Waals surface area contributed by atoms with Gasteiger partial charge in [0.2, 0.25) is 5.91 Å². The second kappa shape index (κ2) is 7.10. The Morgan fingerprint density at radius 3 is 2.84 bits per heavy atom. The van der Waals surface area contributed by atoms with E-state index in [0.717, 1.165) is 24.1 Å². The van der Waals surface area contributed by atoms with Gasteiger partial charge in [0.25, 0.3) is 0 Å². The summed E-state index contributed by atoms with van der Waals surface area (Å²) in [5.41, 5.74) is 1.66. The Morgan fingerprint density at radius 2 is 2.26 bits per heavy atom. The summed E-state index contributed by atoms with van der Waals surface area (Å²) in [6.45, 7) is 11.4. The number of carbonyl (C=O) groups excluding carboxylic acids is 1. The zero-order valence-electron chi connectivity index (χ0n) is 12.0. The van der Waals surface area contributed by atoms with Crippen molar-refractivity contribution >= 4 is 5.91 Å². The fraction of sp³-hybridized carbons (Fsp3) is 0.438. The molecule has 1 atom stereocenters. The first-order valence-corrected chi connectivity index (χ1v) is 6.63. The fourth-order valence-electron chi connectivity index (χ4n) is 2.49. The molecule has 2 N–H and O–H groups in total. The molecule has 3 heteroatoms. The van der Waals surface area contributed by atoms with E-state index in [4.69, 9.17) is 0 Å². The highest BCUT2D eigenvalue weighted by Crippen LogP contribution is 2.37. The summed E-state index contributed by atoms with van der Waals surface area (Å²) in [6, 6.07) is 0. The van der Waals surface area contributed by atoms with Crippen molar-refractivity contribution < 1.29 is 4.79 Å². The van der Waals surface area contributed by atoms with E-state index >= 15 is 0 Å². The van der Waals surface area contributed by atoms with Crippen molar-refractivity contribution in [2.45, 2.75) is 19.8 Å². The maximum atomic E-state index is 12.3. The molecule has 1 aliphatic rings.